The van der Waals surface area contributed by atoms with E-state index in [1.54, 1.807) is 43.5 Å². The monoisotopic (exact) mass is 413 g/mol. The summed E-state index contributed by atoms with van der Waals surface area (Å²) in [7, 11) is 0.299. The Morgan fingerprint density at radius 3 is 2.55 bits per heavy atom. The van der Waals surface area contributed by atoms with Crippen LogP contribution < -0.4 is 14.8 Å². The molecule has 1 atom stereocenters. The molecule has 6 nitrogen and oxygen atoms in total. The molecular weight excluding hydrogens is 390 g/mol. The van der Waals surface area contributed by atoms with Gasteiger partial charge in [0.25, 0.3) is 5.91 Å². The predicted molar refractivity (Wildman–Crippen MR) is 111 cm³/mol. The van der Waals surface area contributed by atoms with Crippen molar-refractivity contribution >= 4 is 16.7 Å². The van der Waals surface area contributed by atoms with Crippen molar-refractivity contribution in [3.63, 3.8) is 0 Å². The molecule has 0 radical (unpaired) electrons. The highest BCUT2D eigenvalue weighted by molar-refractivity contribution is 7.84. The van der Waals surface area contributed by atoms with Gasteiger partial charge >= 0.3 is 0 Å². The van der Waals surface area contributed by atoms with Crippen LogP contribution in [-0.4, -0.2) is 23.8 Å². The van der Waals surface area contributed by atoms with E-state index in [9.17, 15) is 9.00 Å². The van der Waals surface area contributed by atoms with Gasteiger partial charge in [-0.25, -0.2) is 0 Å². The number of rotatable bonds is 9. The fourth-order valence-electron chi connectivity index (χ4n) is 2.73. The summed E-state index contributed by atoms with van der Waals surface area (Å²) in [6, 6.07) is 17.8. The number of carbonyl (C=O) groups excluding carboxylic acids is 1. The quantitative estimate of drug-likeness (QED) is 0.575. The van der Waals surface area contributed by atoms with Crippen molar-refractivity contribution in [2.75, 3.05) is 13.7 Å². The molecule has 2 aromatic carbocycles. The smallest absolute Gasteiger partial charge is 0.287 e. The third-order valence-electron chi connectivity index (χ3n) is 4.19. The van der Waals surface area contributed by atoms with E-state index < -0.39 is 10.8 Å². The molecule has 0 saturated heterocycles. The number of ether oxygens (including phenoxy) is 2. The minimum Gasteiger partial charge on any atom is -0.497 e. The first-order valence-electron chi connectivity index (χ1n) is 9.20. The zero-order valence-electron chi connectivity index (χ0n) is 16.3. The number of hydrogen-bond donors (Lipinski definition) is 1. The Hall–Kier alpha value is -3.06. The van der Waals surface area contributed by atoms with E-state index in [0.29, 0.717) is 29.6 Å². The van der Waals surface area contributed by atoms with Crippen molar-refractivity contribution in [1.82, 2.24) is 5.32 Å². The Morgan fingerprint density at radius 1 is 1.07 bits per heavy atom. The van der Waals surface area contributed by atoms with Gasteiger partial charge in [-0.05, 0) is 49.4 Å². The van der Waals surface area contributed by atoms with E-state index in [2.05, 4.69) is 5.32 Å². The molecule has 0 bridgehead atoms. The largest absolute Gasteiger partial charge is 0.497 e. The maximum atomic E-state index is 12.5. The lowest BCUT2D eigenvalue weighted by atomic mass is 10.2. The van der Waals surface area contributed by atoms with Crippen molar-refractivity contribution in [2.24, 2.45) is 0 Å². The van der Waals surface area contributed by atoms with E-state index in [4.69, 9.17) is 13.9 Å². The van der Waals surface area contributed by atoms with Crippen molar-refractivity contribution in [3.05, 3.63) is 77.7 Å². The molecule has 0 aliphatic rings. The van der Waals surface area contributed by atoms with Crippen LogP contribution in [0.3, 0.4) is 0 Å². The van der Waals surface area contributed by atoms with Gasteiger partial charge in [-0.15, -0.1) is 0 Å². The predicted octanol–water partition coefficient (Wildman–Crippen LogP) is 3.92. The lowest BCUT2D eigenvalue weighted by molar-refractivity contribution is 0.0921. The first-order chi connectivity index (χ1) is 14.1. The van der Waals surface area contributed by atoms with Crippen LogP contribution in [0.1, 0.15) is 28.8 Å². The van der Waals surface area contributed by atoms with Crippen molar-refractivity contribution in [1.29, 1.82) is 0 Å². The van der Waals surface area contributed by atoms with E-state index in [0.717, 1.165) is 11.3 Å². The van der Waals surface area contributed by atoms with Crippen LogP contribution in [-0.2, 0) is 23.1 Å². The average molecular weight is 413 g/mol. The molecule has 0 aliphatic carbocycles. The second-order valence-electron chi connectivity index (χ2n) is 6.15. The molecule has 7 heteroatoms. The molecule has 0 aliphatic heterocycles. The number of carbonyl (C=O) groups is 1. The van der Waals surface area contributed by atoms with Gasteiger partial charge in [-0.2, -0.15) is 0 Å². The molecule has 1 heterocycles. The van der Waals surface area contributed by atoms with Crippen molar-refractivity contribution < 1.29 is 22.9 Å². The van der Waals surface area contributed by atoms with Gasteiger partial charge in [0.05, 0.1) is 30.3 Å². The number of benzene rings is 2. The Kier molecular flexibility index (Phi) is 7.08. The molecule has 1 N–H and O–H groups in total. The van der Waals surface area contributed by atoms with Crippen LogP contribution in [0.25, 0.3) is 0 Å². The molecule has 1 unspecified atom stereocenters. The average Bonchev–Trinajstić information content (AvgIpc) is 3.21. The summed E-state index contributed by atoms with van der Waals surface area (Å²) in [5.41, 5.74) is 0.884. The SMILES string of the molecule is CCOc1ccccc1CNC(=O)c1ccc(CS(=O)c2ccc(OC)cc2)o1. The van der Waals surface area contributed by atoms with Crippen LogP contribution in [0, 0.1) is 0 Å². The third kappa shape index (κ3) is 5.48. The fraction of sp³-hybridized carbons (Fsp3) is 0.227. The third-order valence-corrected chi connectivity index (χ3v) is 5.54. The second-order valence-corrected chi connectivity index (χ2v) is 7.61. The van der Waals surface area contributed by atoms with Crippen LogP contribution >= 0.6 is 0 Å². The Morgan fingerprint density at radius 2 is 1.83 bits per heavy atom. The van der Waals surface area contributed by atoms with Gasteiger partial charge in [0.1, 0.15) is 17.3 Å². The van der Waals surface area contributed by atoms with Crippen LogP contribution in [0.4, 0.5) is 0 Å². The second kappa shape index (κ2) is 9.93. The van der Waals surface area contributed by atoms with Gasteiger partial charge in [-0.1, -0.05) is 18.2 Å². The number of para-hydroxylation sites is 1. The zero-order chi connectivity index (χ0) is 20.6. The molecule has 0 saturated carbocycles. The molecular formula is C22H23NO5S. The number of hydrogen-bond acceptors (Lipinski definition) is 5. The molecule has 3 aromatic rings. The van der Waals surface area contributed by atoms with E-state index in [-0.39, 0.29) is 17.4 Å². The molecule has 1 aromatic heterocycles. The summed E-state index contributed by atoms with van der Waals surface area (Å²) < 4.78 is 28.8. The molecule has 1 amide bonds. The maximum Gasteiger partial charge on any atom is 0.287 e. The van der Waals surface area contributed by atoms with Crippen LogP contribution in [0.15, 0.2) is 70.0 Å². The minimum atomic E-state index is -1.28. The zero-order valence-corrected chi connectivity index (χ0v) is 17.2. The van der Waals surface area contributed by atoms with Gasteiger partial charge < -0.3 is 19.2 Å². The lowest BCUT2D eigenvalue weighted by Gasteiger charge is -2.10. The Labute approximate surface area is 172 Å². The summed E-state index contributed by atoms with van der Waals surface area (Å²) in [6.45, 7) is 2.79. The molecule has 0 fully saturated rings. The van der Waals surface area contributed by atoms with Crippen LogP contribution in [0.2, 0.25) is 0 Å². The Bertz CT molecular complexity index is 981. The number of nitrogens with one attached hydrogen (secondary N) is 1. The summed E-state index contributed by atoms with van der Waals surface area (Å²) in [5, 5.41) is 2.82. The maximum absolute atomic E-state index is 12.5. The topological polar surface area (TPSA) is 77.8 Å². The van der Waals surface area contributed by atoms with Crippen molar-refractivity contribution in [3.8, 4) is 11.5 Å². The van der Waals surface area contributed by atoms with E-state index >= 15 is 0 Å². The summed E-state index contributed by atoms with van der Waals surface area (Å²) in [5.74, 6) is 1.96. The number of furan rings is 1. The summed E-state index contributed by atoms with van der Waals surface area (Å²) >= 11 is 0. The van der Waals surface area contributed by atoms with E-state index in [1.807, 2.05) is 31.2 Å². The first-order valence-corrected chi connectivity index (χ1v) is 10.5. The number of methoxy groups -OCH3 is 1. The molecule has 152 valence electrons. The van der Waals surface area contributed by atoms with Gasteiger partial charge in [0.15, 0.2) is 5.76 Å². The van der Waals surface area contributed by atoms with Crippen molar-refractivity contribution in [2.45, 2.75) is 24.1 Å². The molecule has 0 spiro atoms. The minimum absolute atomic E-state index is 0.181. The van der Waals surface area contributed by atoms with E-state index in [1.165, 1.54) is 0 Å². The van der Waals surface area contributed by atoms with Gasteiger partial charge in [-0.3, -0.25) is 9.00 Å². The van der Waals surface area contributed by atoms with Gasteiger partial charge in [0, 0.05) is 17.0 Å². The highest BCUT2D eigenvalue weighted by atomic mass is 32.2. The molecule has 29 heavy (non-hydrogen) atoms. The van der Waals surface area contributed by atoms with Gasteiger partial charge in [0.2, 0.25) is 0 Å². The summed E-state index contributed by atoms with van der Waals surface area (Å²) in [4.78, 5) is 13.1. The highest BCUT2D eigenvalue weighted by Gasteiger charge is 2.14. The molecule has 3 rings (SSSR count). The number of amides is 1. The lowest BCUT2D eigenvalue weighted by Crippen LogP contribution is -2.22. The summed E-state index contributed by atoms with van der Waals surface area (Å²) in [6.07, 6.45) is 0. The Balaban J connectivity index is 1.59. The highest BCUT2D eigenvalue weighted by Crippen LogP contribution is 2.20. The standard InChI is InChI=1S/C22H23NO5S/c1-3-27-20-7-5-4-6-16(20)14-23-22(24)21-13-10-18(28-21)15-29(25)19-11-8-17(26-2)9-12-19/h4-13H,3,14-15H2,1-2H3,(H,23,24). The fourth-order valence-corrected chi connectivity index (χ4v) is 3.75. The first kappa shape index (κ1) is 20.7. The van der Waals surface area contributed by atoms with Crippen LogP contribution in [0.5, 0.6) is 11.5 Å². The normalized spacial score (nSPS) is 11.7.